The Morgan fingerprint density at radius 3 is 2.77 bits per heavy atom. The fraction of sp³-hybridized carbons (Fsp3) is 0.455. The Morgan fingerprint density at radius 2 is 2.06 bits per heavy atom. The number of aromatic nitrogens is 2. The molecule has 0 aliphatic carbocycles. The molecular formula is C22H27FN4O4. The van der Waals surface area contributed by atoms with Crippen molar-refractivity contribution in [1.82, 2.24) is 20.2 Å². The number of hydrogen-bond acceptors (Lipinski definition) is 6. The number of hydrogen-bond donors (Lipinski definition) is 1. The van der Waals surface area contributed by atoms with Crippen LogP contribution in [0.15, 0.2) is 30.5 Å². The molecule has 3 heterocycles. The molecule has 3 rings (SSSR count). The number of nitrogens with one attached hydrogen (secondary N) is 1. The van der Waals surface area contributed by atoms with Crippen LogP contribution in [0.2, 0.25) is 0 Å². The molecule has 1 N–H and O–H groups in total. The highest BCUT2D eigenvalue weighted by molar-refractivity contribution is 5.93. The van der Waals surface area contributed by atoms with Gasteiger partial charge >= 0.3 is 6.09 Å². The van der Waals surface area contributed by atoms with Gasteiger partial charge in [-0.3, -0.25) is 4.79 Å². The zero-order chi connectivity index (χ0) is 22.6. The van der Waals surface area contributed by atoms with E-state index in [4.69, 9.17) is 9.47 Å². The van der Waals surface area contributed by atoms with Gasteiger partial charge in [-0.15, -0.1) is 0 Å². The van der Waals surface area contributed by atoms with Gasteiger partial charge in [-0.1, -0.05) is 0 Å². The number of likely N-dealkylation sites (tertiary alicyclic amines) is 1. The first kappa shape index (κ1) is 22.5. The lowest BCUT2D eigenvalue weighted by Gasteiger charge is -2.24. The average Bonchev–Trinajstić information content (AvgIpc) is 3.16. The highest BCUT2D eigenvalue weighted by Gasteiger charge is 2.31. The van der Waals surface area contributed by atoms with Crippen molar-refractivity contribution in [1.29, 1.82) is 0 Å². The number of nitrogens with zero attached hydrogens (tertiary/aromatic N) is 3. The first-order chi connectivity index (χ1) is 14.7. The highest BCUT2D eigenvalue weighted by atomic mass is 19.1. The Kier molecular flexibility index (Phi) is 6.72. The molecule has 2 aromatic rings. The molecular weight excluding hydrogens is 403 g/mol. The van der Waals surface area contributed by atoms with Crippen molar-refractivity contribution >= 4 is 12.0 Å². The van der Waals surface area contributed by atoms with Gasteiger partial charge in [-0.2, -0.15) is 0 Å². The molecule has 31 heavy (non-hydrogen) atoms. The summed E-state index contributed by atoms with van der Waals surface area (Å²) in [5.74, 6) is -1.01. The van der Waals surface area contributed by atoms with E-state index in [1.165, 1.54) is 17.0 Å². The molecule has 0 unspecified atom stereocenters. The largest absolute Gasteiger partial charge is 0.477 e. The third-order valence-electron chi connectivity index (χ3n) is 4.56. The average molecular weight is 430 g/mol. The van der Waals surface area contributed by atoms with Crippen molar-refractivity contribution in [3.8, 4) is 17.1 Å². The van der Waals surface area contributed by atoms with E-state index in [2.05, 4.69) is 15.3 Å². The lowest BCUT2D eigenvalue weighted by atomic mass is 10.1. The van der Waals surface area contributed by atoms with Gasteiger partial charge in [0.15, 0.2) is 11.5 Å². The number of carbonyl (C=O) groups excluding carboxylic acids is 2. The van der Waals surface area contributed by atoms with Crippen molar-refractivity contribution in [3.63, 3.8) is 0 Å². The molecule has 0 radical (unpaired) electrons. The van der Waals surface area contributed by atoms with Crippen LogP contribution in [-0.4, -0.2) is 58.2 Å². The van der Waals surface area contributed by atoms with E-state index < -0.39 is 23.4 Å². The maximum absolute atomic E-state index is 14.4. The summed E-state index contributed by atoms with van der Waals surface area (Å²) in [6, 6.07) is 5.82. The maximum Gasteiger partial charge on any atom is 0.410 e. The standard InChI is InChI=1S/C22H27FN4O4/c1-5-30-20-15(7-6-11-24-20)17-9-8-16(23)18(26-17)19(28)25-14-10-12-27(13-14)21(29)31-22(2,3)4/h6-9,11,14H,5,10,12-13H2,1-4H3,(H,25,28)/t14-/m1/s1. The Morgan fingerprint density at radius 1 is 1.29 bits per heavy atom. The summed E-state index contributed by atoms with van der Waals surface area (Å²) in [4.78, 5) is 34.8. The van der Waals surface area contributed by atoms with Crippen molar-refractivity contribution in [3.05, 3.63) is 42.0 Å². The quantitative estimate of drug-likeness (QED) is 0.781. The van der Waals surface area contributed by atoms with Crippen LogP contribution in [-0.2, 0) is 4.74 Å². The fourth-order valence-corrected chi connectivity index (χ4v) is 3.21. The minimum Gasteiger partial charge on any atom is -0.477 e. The Bertz CT molecular complexity index is 961. The van der Waals surface area contributed by atoms with Crippen LogP contribution in [0.4, 0.5) is 9.18 Å². The molecule has 0 aromatic carbocycles. The smallest absolute Gasteiger partial charge is 0.410 e. The normalized spacial score (nSPS) is 16.2. The molecule has 1 atom stereocenters. The van der Waals surface area contributed by atoms with Crippen molar-refractivity contribution in [2.45, 2.75) is 45.8 Å². The van der Waals surface area contributed by atoms with E-state index >= 15 is 0 Å². The summed E-state index contributed by atoms with van der Waals surface area (Å²) in [5.41, 5.74) is 0.0261. The maximum atomic E-state index is 14.4. The molecule has 1 aliphatic rings. The van der Waals surface area contributed by atoms with Crippen LogP contribution in [0.3, 0.4) is 0 Å². The van der Waals surface area contributed by atoms with Crippen LogP contribution in [0.25, 0.3) is 11.3 Å². The monoisotopic (exact) mass is 430 g/mol. The van der Waals surface area contributed by atoms with Crippen molar-refractivity contribution in [2.75, 3.05) is 19.7 Å². The van der Waals surface area contributed by atoms with Gasteiger partial charge in [0.1, 0.15) is 5.60 Å². The van der Waals surface area contributed by atoms with Crippen LogP contribution in [0.1, 0.15) is 44.6 Å². The van der Waals surface area contributed by atoms with E-state index in [0.29, 0.717) is 43.3 Å². The zero-order valence-electron chi connectivity index (χ0n) is 18.1. The summed E-state index contributed by atoms with van der Waals surface area (Å²) in [6.45, 7) is 8.36. The zero-order valence-corrected chi connectivity index (χ0v) is 18.1. The highest BCUT2D eigenvalue weighted by Crippen LogP contribution is 2.27. The number of amides is 2. The van der Waals surface area contributed by atoms with Gasteiger partial charge in [0.25, 0.3) is 5.91 Å². The summed E-state index contributed by atoms with van der Waals surface area (Å²) in [5, 5.41) is 2.76. The first-order valence-electron chi connectivity index (χ1n) is 10.2. The van der Waals surface area contributed by atoms with Crippen molar-refractivity contribution < 1.29 is 23.5 Å². The molecule has 8 nitrogen and oxygen atoms in total. The predicted octanol–water partition coefficient (Wildman–Crippen LogP) is 3.42. The second kappa shape index (κ2) is 9.28. The van der Waals surface area contributed by atoms with Crippen LogP contribution in [0.5, 0.6) is 5.88 Å². The van der Waals surface area contributed by atoms with Gasteiger partial charge < -0.3 is 19.7 Å². The topological polar surface area (TPSA) is 93.7 Å². The predicted molar refractivity (Wildman–Crippen MR) is 112 cm³/mol. The van der Waals surface area contributed by atoms with Crippen LogP contribution in [0, 0.1) is 5.82 Å². The number of ether oxygens (including phenoxy) is 2. The molecule has 2 aromatic heterocycles. The third kappa shape index (κ3) is 5.68. The minimum atomic E-state index is -0.731. The van der Waals surface area contributed by atoms with E-state index in [0.717, 1.165) is 0 Å². The summed E-state index contributed by atoms with van der Waals surface area (Å²) in [6.07, 6.45) is 1.70. The summed E-state index contributed by atoms with van der Waals surface area (Å²) in [7, 11) is 0. The third-order valence-corrected chi connectivity index (χ3v) is 4.56. The van der Waals surface area contributed by atoms with Crippen LogP contribution < -0.4 is 10.1 Å². The Hall–Kier alpha value is -3.23. The number of rotatable bonds is 5. The second-order valence-electron chi connectivity index (χ2n) is 8.20. The Balaban J connectivity index is 1.72. The second-order valence-corrected chi connectivity index (χ2v) is 8.20. The SMILES string of the molecule is CCOc1ncccc1-c1ccc(F)c(C(=O)N[C@@H]2CCN(C(=O)OC(C)(C)C)C2)n1. The molecule has 1 saturated heterocycles. The molecule has 9 heteroatoms. The summed E-state index contributed by atoms with van der Waals surface area (Å²) < 4.78 is 25.3. The van der Waals surface area contributed by atoms with E-state index in [-0.39, 0.29) is 11.7 Å². The molecule has 2 amide bonds. The molecule has 1 aliphatic heterocycles. The van der Waals surface area contributed by atoms with Gasteiger partial charge in [-0.05, 0) is 58.4 Å². The molecule has 166 valence electrons. The number of carbonyl (C=O) groups is 2. The summed E-state index contributed by atoms with van der Waals surface area (Å²) >= 11 is 0. The lowest BCUT2D eigenvalue weighted by Crippen LogP contribution is -2.40. The first-order valence-corrected chi connectivity index (χ1v) is 10.2. The van der Waals surface area contributed by atoms with Gasteiger partial charge in [0, 0.05) is 25.3 Å². The fourth-order valence-electron chi connectivity index (χ4n) is 3.21. The number of halogens is 1. The van der Waals surface area contributed by atoms with Gasteiger partial charge in [-0.25, -0.2) is 19.2 Å². The van der Waals surface area contributed by atoms with Crippen molar-refractivity contribution in [2.24, 2.45) is 0 Å². The van der Waals surface area contributed by atoms with E-state index in [1.54, 1.807) is 39.1 Å². The minimum absolute atomic E-state index is 0.291. The molecule has 0 bridgehead atoms. The molecule has 1 fully saturated rings. The molecule has 0 spiro atoms. The van der Waals surface area contributed by atoms with E-state index in [9.17, 15) is 14.0 Å². The van der Waals surface area contributed by atoms with Gasteiger partial charge in [0.2, 0.25) is 5.88 Å². The lowest BCUT2D eigenvalue weighted by molar-refractivity contribution is 0.0290. The van der Waals surface area contributed by atoms with Crippen LogP contribution >= 0.6 is 0 Å². The van der Waals surface area contributed by atoms with Gasteiger partial charge in [0.05, 0.1) is 17.9 Å². The Labute approximate surface area is 180 Å². The molecule has 0 saturated carbocycles. The number of pyridine rings is 2. The van der Waals surface area contributed by atoms with E-state index in [1.807, 2.05) is 6.92 Å².